The molecule has 15 heavy (non-hydrogen) atoms. The minimum atomic E-state index is -3.33. The highest BCUT2D eigenvalue weighted by Gasteiger charge is 2.64. The summed E-state index contributed by atoms with van der Waals surface area (Å²) in [5.74, 6) is 0.428. The standard InChI is InChI=1S/C9H14O5S/c10-1-2-13-8-5-3-6-7(4-5)15(11,12)14-9(6)8/h5-10H,1-4H2. The highest BCUT2D eigenvalue weighted by Crippen LogP contribution is 2.55. The van der Waals surface area contributed by atoms with Crippen molar-refractivity contribution in [2.75, 3.05) is 13.2 Å². The van der Waals surface area contributed by atoms with Gasteiger partial charge in [-0.1, -0.05) is 0 Å². The molecule has 0 spiro atoms. The fourth-order valence-corrected chi connectivity index (χ4v) is 5.18. The van der Waals surface area contributed by atoms with Crippen molar-refractivity contribution in [1.82, 2.24) is 0 Å². The molecule has 6 heteroatoms. The monoisotopic (exact) mass is 234 g/mol. The Morgan fingerprint density at radius 2 is 2.20 bits per heavy atom. The fourth-order valence-electron chi connectivity index (χ4n) is 3.30. The van der Waals surface area contributed by atoms with E-state index in [0.717, 1.165) is 6.42 Å². The Kier molecular flexibility index (Phi) is 2.11. The maximum Gasteiger partial charge on any atom is 0.270 e. The number of fused-ring (bicyclic) bond motifs is 1. The van der Waals surface area contributed by atoms with Crippen molar-refractivity contribution in [3.05, 3.63) is 0 Å². The summed E-state index contributed by atoms with van der Waals surface area (Å²) >= 11 is 0. The summed E-state index contributed by atoms with van der Waals surface area (Å²) < 4.78 is 33.7. The zero-order valence-corrected chi connectivity index (χ0v) is 9.02. The summed E-state index contributed by atoms with van der Waals surface area (Å²) in [7, 11) is -3.33. The minimum absolute atomic E-state index is 0.0310. The van der Waals surface area contributed by atoms with E-state index in [1.54, 1.807) is 0 Å². The van der Waals surface area contributed by atoms with Gasteiger partial charge in [0.1, 0.15) is 6.10 Å². The Labute approximate surface area is 88.5 Å². The summed E-state index contributed by atoms with van der Waals surface area (Å²) in [6.07, 6.45) is 1.14. The molecule has 0 aromatic carbocycles. The summed E-state index contributed by atoms with van der Waals surface area (Å²) in [4.78, 5) is 0. The topological polar surface area (TPSA) is 72.8 Å². The maximum absolute atomic E-state index is 11.6. The summed E-state index contributed by atoms with van der Waals surface area (Å²) in [5.41, 5.74) is 0. The van der Waals surface area contributed by atoms with E-state index in [1.807, 2.05) is 0 Å². The quantitative estimate of drug-likeness (QED) is 0.666. The molecule has 2 bridgehead atoms. The van der Waals surface area contributed by atoms with Crippen LogP contribution in [0.15, 0.2) is 0 Å². The Bertz CT molecular complexity index is 365. The largest absolute Gasteiger partial charge is 0.394 e. The van der Waals surface area contributed by atoms with Gasteiger partial charge < -0.3 is 9.84 Å². The van der Waals surface area contributed by atoms with Crippen LogP contribution in [0, 0.1) is 11.8 Å². The van der Waals surface area contributed by atoms with E-state index in [0.29, 0.717) is 12.3 Å². The molecule has 2 saturated carbocycles. The molecular formula is C9H14O5S. The Morgan fingerprint density at radius 3 is 2.93 bits per heavy atom. The molecule has 5 unspecified atom stereocenters. The number of aliphatic hydroxyl groups excluding tert-OH is 1. The second kappa shape index (κ2) is 3.16. The van der Waals surface area contributed by atoms with Gasteiger partial charge >= 0.3 is 0 Å². The van der Waals surface area contributed by atoms with Gasteiger partial charge in [-0.3, -0.25) is 4.18 Å². The van der Waals surface area contributed by atoms with Crippen LogP contribution in [0.1, 0.15) is 12.8 Å². The van der Waals surface area contributed by atoms with Crippen LogP contribution < -0.4 is 0 Å². The first kappa shape index (κ1) is 10.0. The molecule has 3 rings (SSSR count). The second-order valence-electron chi connectivity index (χ2n) is 4.55. The average Bonchev–Trinajstić information content (AvgIpc) is 2.76. The molecule has 3 aliphatic rings. The number of aliphatic hydroxyl groups is 1. The van der Waals surface area contributed by atoms with Gasteiger partial charge in [-0.25, -0.2) is 0 Å². The third-order valence-electron chi connectivity index (χ3n) is 3.82. The van der Waals surface area contributed by atoms with Crippen molar-refractivity contribution < 1.29 is 22.4 Å². The third-order valence-corrected chi connectivity index (χ3v) is 5.59. The van der Waals surface area contributed by atoms with E-state index < -0.39 is 10.1 Å². The summed E-state index contributed by atoms with van der Waals surface area (Å²) in [5, 5.41) is 8.39. The molecule has 0 amide bonds. The lowest BCUT2D eigenvalue weighted by Gasteiger charge is -2.24. The van der Waals surface area contributed by atoms with Crippen molar-refractivity contribution in [3.8, 4) is 0 Å². The van der Waals surface area contributed by atoms with E-state index in [9.17, 15) is 8.42 Å². The van der Waals surface area contributed by atoms with Gasteiger partial charge in [0, 0.05) is 5.92 Å². The van der Waals surface area contributed by atoms with Crippen LogP contribution >= 0.6 is 0 Å². The van der Waals surface area contributed by atoms with E-state index in [2.05, 4.69) is 0 Å². The van der Waals surface area contributed by atoms with Crippen LogP contribution in [0.2, 0.25) is 0 Å². The molecule has 3 fully saturated rings. The molecule has 1 saturated heterocycles. The van der Waals surface area contributed by atoms with Gasteiger partial charge in [-0.05, 0) is 18.8 Å². The Hall–Kier alpha value is -0.170. The molecule has 0 radical (unpaired) electrons. The molecule has 2 aliphatic carbocycles. The van der Waals surface area contributed by atoms with Gasteiger partial charge in [0.05, 0.1) is 24.6 Å². The fraction of sp³-hybridized carbons (Fsp3) is 1.00. The van der Waals surface area contributed by atoms with Crippen LogP contribution in [-0.4, -0.2) is 44.2 Å². The summed E-state index contributed by atoms with van der Waals surface area (Å²) in [6.45, 7) is 0.231. The first-order chi connectivity index (χ1) is 7.13. The smallest absolute Gasteiger partial charge is 0.270 e. The Balaban J connectivity index is 1.82. The highest BCUT2D eigenvalue weighted by molar-refractivity contribution is 7.87. The van der Waals surface area contributed by atoms with Crippen LogP contribution in [0.3, 0.4) is 0 Å². The summed E-state index contributed by atoms with van der Waals surface area (Å²) in [6, 6.07) is 0. The van der Waals surface area contributed by atoms with E-state index in [1.165, 1.54) is 0 Å². The van der Waals surface area contributed by atoms with Crippen LogP contribution in [-0.2, 0) is 19.0 Å². The van der Waals surface area contributed by atoms with Gasteiger partial charge in [0.2, 0.25) is 0 Å². The lowest BCUT2D eigenvalue weighted by Crippen LogP contribution is -2.36. The first-order valence-corrected chi connectivity index (χ1v) is 6.75. The van der Waals surface area contributed by atoms with Crippen molar-refractivity contribution in [3.63, 3.8) is 0 Å². The lowest BCUT2D eigenvalue weighted by atomic mass is 9.94. The van der Waals surface area contributed by atoms with Gasteiger partial charge in [-0.15, -0.1) is 0 Å². The van der Waals surface area contributed by atoms with Crippen molar-refractivity contribution in [2.45, 2.75) is 30.3 Å². The molecular weight excluding hydrogens is 220 g/mol. The molecule has 0 aromatic rings. The van der Waals surface area contributed by atoms with Crippen LogP contribution in [0.5, 0.6) is 0 Å². The molecule has 1 heterocycles. The van der Waals surface area contributed by atoms with E-state index in [4.69, 9.17) is 14.0 Å². The van der Waals surface area contributed by atoms with Crippen molar-refractivity contribution >= 4 is 10.1 Å². The SMILES string of the molecule is O=S1(=O)OC2C3CC(CC31)C2OCCO. The lowest BCUT2D eigenvalue weighted by molar-refractivity contribution is -0.0481. The number of hydrogen-bond donors (Lipinski definition) is 1. The van der Waals surface area contributed by atoms with E-state index >= 15 is 0 Å². The van der Waals surface area contributed by atoms with Crippen molar-refractivity contribution in [1.29, 1.82) is 0 Å². The zero-order valence-electron chi connectivity index (χ0n) is 8.20. The molecule has 86 valence electrons. The van der Waals surface area contributed by atoms with Crippen LogP contribution in [0.25, 0.3) is 0 Å². The average molecular weight is 234 g/mol. The molecule has 0 aromatic heterocycles. The van der Waals surface area contributed by atoms with E-state index in [-0.39, 0.29) is 36.6 Å². The first-order valence-electron chi connectivity index (χ1n) is 5.28. The number of ether oxygens (including phenoxy) is 1. The maximum atomic E-state index is 11.6. The normalized spacial score (nSPS) is 50.1. The molecule has 1 N–H and O–H groups in total. The predicted molar refractivity (Wildman–Crippen MR) is 50.6 cm³/mol. The van der Waals surface area contributed by atoms with Crippen LogP contribution in [0.4, 0.5) is 0 Å². The second-order valence-corrected chi connectivity index (χ2v) is 6.33. The minimum Gasteiger partial charge on any atom is -0.394 e. The van der Waals surface area contributed by atoms with Gasteiger partial charge in [0.15, 0.2) is 0 Å². The van der Waals surface area contributed by atoms with Crippen molar-refractivity contribution in [2.24, 2.45) is 11.8 Å². The molecule has 5 nitrogen and oxygen atoms in total. The van der Waals surface area contributed by atoms with Gasteiger partial charge in [0.25, 0.3) is 10.1 Å². The zero-order chi connectivity index (χ0) is 10.6. The number of rotatable bonds is 3. The molecule has 1 aliphatic heterocycles. The van der Waals surface area contributed by atoms with Gasteiger partial charge in [-0.2, -0.15) is 8.42 Å². The number of hydrogen-bond acceptors (Lipinski definition) is 5. The Morgan fingerprint density at radius 1 is 1.40 bits per heavy atom. The third kappa shape index (κ3) is 1.28. The predicted octanol–water partition coefficient (Wildman–Crippen LogP) is -0.499. The molecule has 5 atom stereocenters. The highest BCUT2D eigenvalue weighted by atomic mass is 32.2.